The number of alkyl halides is 3. The summed E-state index contributed by atoms with van der Waals surface area (Å²) in [6.45, 7) is 2.75. The third kappa shape index (κ3) is 7.59. The molecule has 2 aromatic rings. The van der Waals surface area contributed by atoms with Crippen LogP contribution in [0.25, 0.3) is 0 Å². The number of nitrogens with zero attached hydrogens (tertiary/aromatic N) is 5. The lowest BCUT2D eigenvalue weighted by molar-refractivity contribution is -0.141. The Morgan fingerprint density at radius 3 is 2.39 bits per heavy atom. The Balaban J connectivity index is 0.941. The van der Waals surface area contributed by atoms with Crippen molar-refractivity contribution in [2.45, 2.75) is 31.5 Å². The van der Waals surface area contributed by atoms with Gasteiger partial charge in [0.15, 0.2) is 0 Å². The number of piperidine rings is 1. The molecule has 0 saturated carbocycles. The number of halogens is 3. The first kappa shape index (κ1) is 32.7. The third-order valence-electron chi connectivity index (χ3n) is 7.70. The van der Waals surface area contributed by atoms with E-state index < -0.39 is 41.5 Å². The van der Waals surface area contributed by atoms with Gasteiger partial charge in [0.25, 0.3) is 11.8 Å². The fourth-order valence-corrected chi connectivity index (χ4v) is 5.30. The second-order valence-electron chi connectivity index (χ2n) is 10.7. The Morgan fingerprint density at radius 1 is 0.957 bits per heavy atom. The van der Waals surface area contributed by atoms with Crippen LogP contribution in [-0.4, -0.2) is 114 Å². The normalized spacial score (nSPS) is 18.6. The van der Waals surface area contributed by atoms with Gasteiger partial charge in [-0.3, -0.25) is 34.2 Å². The number of rotatable bonds is 12. The molecule has 3 aliphatic rings. The summed E-state index contributed by atoms with van der Waals surface area (Å²) < 4.78 is 49.8. The maximum atomic E-state index is 12.9. The minimum Gasteiger partial charge on any atom is -0.383 e. The van der Waals surface area contributed by atoms with E-state index in [-0.39, 0.29) is 62.1 Å². The van der Waals surface area contributed by atoms with E-state index in [1.54, 1.807) is 21.9 Å². The number of imide groups is 2. The van der Waals surface area contributed by atoms with Gasteiger partial charge in [0.2, 0.25) is 23.7 Å². The summed E-state index contributed by atoms with van der Waals surface area (Å²) in [6.07, 6.45) is -3.20. The first-order chi connectivity index (χ1) is 22.0. The zero-order valence-electron chi connectivity index (χ0n) is 24.7. The number of fused-ring (bicyclic) bond motifs is 1. The van der Waals surface area contributed by atoms with Crippen molar-refractivity contribution in [3.63, 3.8) is 0 Å². The fraction of sp³-hybridized carbons (Fsp3) is 0.483. The maximum absolute atomic E-state index is 12.9. The highest BCUT2D eigenvalue weighted by Gasteiger charge is 2.44. The van der Waals surface area contributed by atoms with Gasteiger partial charge in [-0.2, -0.15) is 13.2 Å². The Morgan fingerprint density at radius 2 is 1.67 bits per heavy atom. The van der Waals surface area contributed by atoms with Gasteiger partial charge in [0.05, 0.1) is 44.0 Å². The molecule has 1 atom stereocenters. The molecular weight excluding hydrogens is 615 g/mol. The minimum atomic E-state index is -4.56. The van der Waals surface area contributed by atoms with Gasteiger partial charge in [0, 0.05) is 51.0 Å². The number of benzene rings is 1. The van der Waals surface area contributed by atoms with Gasteiger partial charge in [-0.15, -0.1) is 0 Å². The molecule has 5 amide bonds. The van der Waals surface area contributed by atoms with E-state index in [4.69, 9.17) is 9.47 Å². The van der Waals surface area contributed by atoms with Gasteiger partial charge in [-0.25, -0.2) is 9.97 Å². The summed E-state index contributed by atoms with van der Waals surface area (Å²) in [6, 6.07) is 4.50. The van der Waals surface area contributed by atoms with Crippen LogP contribution in [0.5, 0.6) is 0 Å². The van der Waals surface area contributed by atoms with Crippen molar-refractivity contribution in [3.8, 4) is 0 Å². The number of aromatic nitrogens is 2. The third-order valence-corrected chi connectivity index (χ3v) is 7.70. The van der Waals surface area contributed by atoms with Crippen LogP contribution in [0.4, 0.5) is 24.8 Å². The van der Waals surface area contributed by atoms with Crippen molar-refractivity contribution >= 4 is 41.2 Å². The van der Waals surface area contributed by atoms with Crippen LogP contribution >= 0.6 is 0 Å². The molecule has 246 valence electrons. The van der Waals surface area contributed by atoms with Crippen molar-refractivity contribution in [2.24, 2.45) is 0 Å². The molecule has 2 N–H and O–H groups in total. The number of piperazine rings is 1. The van der Waals surface area contributed by atoms with Gasteiger partial charge in [0.1, 0.15) is 11.7 Å². The van der Waals surface area contributed by atoms with Crippen molar-refractivity contribution in [1.29, 1.82) is 0 Å². The zero-order chi connectivity index (χ0) is 32.8. The molecular formula is C29H32F3N7O7. The first-order valence-electron chi connectivity index (χ1n) is 14.7. The number of hydrogen-bond donors (Lipinski definition) is 2. The molecule has 4 heterocycles. The lowest BCUT2D eigenvalue weighted by Gasteiger charge is -2.34. The van der Waals surface area contributed by atoms with E-state index in [2.05, 4.69) is 20.6 Å². The largest absolute Gasteiger partial charge is 0.433 e. The highest BCUT2D eigenvalue weighted by atomic mass is 19.4. The SMILES string of the molecule is O=C1CCC(N2C(=O)c3ccc(NCCOCCOCCC(=O)N4CCN(c5nccc(C(F)(F)F)n5)CC4)cc3C2=O)C(=O)N1. The van der Waals surface area contributed by atoms with Crippen LogP contribution in [-0.2, 0) is 30.0 Å². The maximum Gasteiger partial charge on any atom is 0.433 e. The van der Waals surface area contributed by atoms with Crippen LogP contribution in [0.2, 0.25) is 0 Å². The summed E-state index contributed by atoms with van der Waals surface area (Å²) in [4.78, 5) is 73.6. The van der Waals surface area contributed by atoms with Crippen molar-refractivity contribution in [2.75, 3.05) is 69.4 Å². The molecule has 3 aliphatic heterocycles. The molecule has 1 unspecified atom stereocenters. The molecule has 0 radical (unpaired) electrons. The number of carbonyl (C=O) groups excluding carboxylic acids is 5. The number of hydrogen-bond acceptors (Lipinski definition) is 11. The van der Waals surface area contributed by atoms with E-state index in [1.165, 1.54) is 6.07 Å². The van der Waals surface area contributed by atoms with Gasteiger partial charge in [-0.05, 0) is 30.7 Å². The molecule has 1 aromatic heterocycles. The van der Waals surface area contributed by atoms with E-state index in [1.807, 2.05) is 0 Å². The smallest absolute Gasteiger partial charge is 0.383 e. The molecule has 0 aliphatic carbocycles. The van der Waals surface area contributed by atoms with Gasteiger partial charge < -0.3 is 24.6 Å². The van der Waals surface area contributed by atoms with Crippen LogP contribution in [0.3, 0.4) is 0 Å². The highest BCUT2D eigenvalue weighted by Crippen LogP contribution is 2.30. The molecule has 0 bridgehead atoms. The zero-order valence-corrected chi connectivity index (χ0v) is 24.7. The summed E-state index contributed by atoms with van der Waals surface area (Å²) in [7, 11) is 0. The van der Waals surface area contributed by atoms with E-state index >= 15 is 0 Å². The second-order valence-corrected chi connectivity index (χ2v) is 10.7. The summed E-state index contributed by atoms with van der Waals surface area (Å²) in [5, 5.41) is 5.28. The Bertz CT molecular complexity index is 1500. The van der Waals surface area contributed by atoms with Crippen molar-refractivity contribution in [1.82, 2.24) is 25.1 Å². The lowest BCUT2D eigenvalue weighted by Crippen LogP contribution is -2.54. The van der Waals surface area contributed by atoms with Crippen LogP contribution < -0.4 is 15.5 Å². The summed E-state index contributed by atoms with van der Waals surface area (Å²) in [5.41, 5.74) is -0.0496. The summed E-state index contributed by atoms with van der Waals surface area (Å²) >= 11 is 0. The van der Waals surface area contributed by atoms with E-state index in [9.17, 15) is 37.1 Å². The monoisotopic (exact) mass is 647 g/mol. The number of amides is 5. The van der Waals surface area contributed by atoms with Crippen molar-refractivity contribution < 1.29 is 46.6 Å². The number of anilines is 2. The molecule has 1 aromatic carbocycles. The standard InChI is InChI=1S/C29H32F3N7O7/c30-29(31,32)22-5-7-34-28(35-22)38-11-9-37(10-12-38)24(41)6-13-45-15-16-46-14-8-33-18-1-2-19-20(17-18)27(44)39(26(19)43)21-3-4-23(40)36-25(21)42/h1-2,5,7,17,21,33H,3-4,6,8-16H2,(H,36,40,42). The number of ether oxygens (including phenoxy) is 2. The Labute approximate surface area is 261 Å². The number of carbonyl (C=O) groups is 5. The average Bonchev–Trinajstić information content (AvgIpc) is 3.28. The number of nitrogens with one attached hydrogen (secondary N) is 2. The van der Waals surface area contributed by atoms with Gasteiger partial charge >= 0.3 is 6.18 Å². The molecule has 0 spiro atoms. The van der Waals surface area contributed by atoms with E-state index in [0.717, 1.165) is 17.2 Å². The highest BCUT2D eigenvalue weighted by molar-refractivity contribution is 6.23. The predicted octanol–water partition coefficient (Wildman–Crippen LogP) is 1.08. The Hall–Kier alpha value is -4.64. The first-order valence-corrected chi connectivity index (χ1v) is 14.7. The molecule has 17 heteroatoms. The summed E-state index contributed by atoms with van der Waals surface area (Å²) in [5.74, 6) is -2.40. The predicted molar refractivity (Wildman–Crippen MR) is 154 cm³/mol. The van der Waals surface area contributed by atoms with Crippen LogP contribution in [0.15, 0.2) is 30.5 Å². The second kappa shape index (κ2) is 14.2. The molecule has 14 nitrogen and oxygen atoms in total. The molecule has 46 heavy (non-hydrogen) atoms. The van der Waals surface area contributed by atoms with Gasteiger partial charge in [-0.1, -0.05) is 0 Å². The average molecular weight is 648 g/mol. The molecule has 2 saturated heterocycles. The van der Waals surface area contributed by atoms with E-state index in [0.29, 0.717) is 45.0 Å². The fourth-order valence-electron chi connectivity index (χ4n) is 5.30. The molecule has 2 fully saturated rings. The van der Waals surface area contributed by atoms with Crippen molar-refractivity contribution in [3.05, 3.63) is 47.3 Å². The quantitative estimate of drug-likeness (QED) is 0.250. The topological polar surface area (TPSA) is 163 Å². The van der Waals surface area contributed by atoms with Crippen LogP contribution in [0.1, 0.15) is 45.7 Å². The minimum absolute atomic E-state index is 0.0160. The van der Waals surface area contributed by atoms with Crippen LogP contribution in [0, 0.1) is 0 Å². The Kier molecular flexibility index (Phi) is 10.1. The molecule has 5 rings (SSSR count). The lowest BCUT2D eigenvalue weighted by atomic mass is 10.0.